The molecular weight excluding hydrogens is 502 g/mol. The Bertz CT molecular complexity index is 1800. The lowest BCUT2D eigenvalue weighted by atomic mass is 9.53. The summed E-state index contributed by atoms with van der Waals surface area (Å²) in [5.74, 6) is 4.57. The largest absolute Gasteiger partial charge is 0.494 e. The maximum Gasteiger partial charge on any atom is 0.254 e. The summed E-state index contributed by atoms with van der Waals surface area (Å²) in [4.78, 5) is 25.9. The molecule has 5 heterocycles. The van der Waals surface area contributed by atoms with Crippen LogP contribution in [0.3, 0.4) is 0 Å². The van der Waals surface area contributed by atoms with Gasteiger partial charge in [-0.2, -0.15) is 5.10 Å². The van der Waals surface area contributed by atoms with Crippen LogP contribution in [0.4, 0.5) is 0 Å². The Morgan fingerprint density at radius 2 is 2.08 bits per heavy atom. The summed E-state index contributed by atoms with van der Waals surface area (Å²) in [5.41, 5.74) is 5.37. The van der Waals surface area contributed by atoms with Crippen molar-refractivity contribution in [3.8, 4) is 17.3 Å². The highest BCUT2D eigenvalue weighted by Crippen LogP contribution is 2.60. The molecule has 4 fully saturated rings. The number of pyridine rings is 1. The Hall–Kier alpha value is -4.14. The molecule has 202 valence electrons. The third kappa shape index (κ3) is 3.20. The van der Waals surface area contributed by atoms with Gasteiger partial charge in [0.2, 0.25) is 0 Å². The van der Waals surface area contributed by atoms with Crippen molar-refractivity contribution in [2.75, 3.05) is 13.7 Å². The van der Waals surface area contributed by atoms with E-state index in [4.69, 9.17) is 14.7 Å². The number of nitrogens with one attached hydrogen (secondary N) is 1. The number of hydrogen-bond donors (Lipinski definition) is 1. The van der Waals surface area contributed by atoms with Gasteiger partial charge in [-0.25, -0.2) is 9.97 Å². The molecule has 1 aromatic carbocycles. The van der Waals surface area contributed by atoms with E-state index in [1.165, 1.54) is 19.3 Å². The average molecular weight is 534 g/mol. The second kappa shape index (κ2) is 8.19. The minimum absolute atomic E-state index is 0.107. The molecule has 0 spiro atoms. The maximum atomic E-state index is 13.8. The topological polar surface area (TPSA) is 93.9 Å². The van der Waals surface area contributed by atoms with Gasteiger partial charge < -0.3 is 18.8 Å². The van der Waals surface area contributed by atoms with Crippen LogP contribution in [-0.2, 0) is 13.1 Å². The van der Waals surface area contributed by atoms with E-state index >= 15 is 0 Å². The quantitative estimate of drug-likeness (QED) is 0.327. The summed E-state index contributed by atoms with van der Waals surface area (Å²) >= 11 is 0. The fourth-order valence-corrected chi connectivity index (χ4v) is 7.78. The second-order valence-corrected chi connectivity index (χ2v) is 12.3. The molecule has 1 aliphatic heterocycles. The van der Waals surface area contributed by atoms with Gasteiger partial charge in [0.1, 0.15) is 16.9 Å². The zero-order chi connectivity index (χ0) is 26.5. The van der Waals surface area contributed by atoms with Crippen LogP contribution in [0.25, 0.3) is 33.6 Å². The van der Waals surface area contributed by atoms with Gasteiger partial charge in [-0.3, -0.25) is 9.89 Å². The Morgan fingerprint density at radius 1 is 1.15 bits per heavy atom. The molecule has 40 heavy (non-hydrogen) atoms. The Morgan fingerprint density at radius 3 is 2.85 bits per heavy atom. The molecule has 9 nitrogen and oxygen atoms in total. The van der Waals surface area contributed by atoms with Crippen LogP contribution in [0, 0.1) is 23.7 Å². The van der Waals surface area contributed by atoms with E-state index in [1.54, 1.807) is 7.11 Å². The van der Waals surface area contributed by atoms with Crippen LogP contribution < -0.4 is 4.74 Å². The van der Waals surface area contributed by atoms with Crippen LogP contribution in [0.5, 0.6) is 5.75 Å². The van der Waals surface area contributed by atoms with Crippen molar-refractivity contribution >= 4 is 28.0 Å². The molecule has 1 N–H and O–H groups in total. The molecule has 3 unspecified atom stereocenters. The first-order valence-corrected chi connectivity index (χ1v) is 14.5. The summed E-state index contributed by atoms with van der Waals surface area (Å²) in [6, 6.07) is 10.6. The van der Waals surface area contributed by atoms with Gasteiger partial charge in [-0.1, -0.05) is 0 Å². The molecule has 0 radical (unpaired) electrons. The number of benzene rings is 1. The van der Waals surface area contributed by atoms with Crippen LogP contribution in [0.15, 0.2) is 48.9 Å². The number of fused-ring (bicyclic) bond motifs is 2. The number of methoxy groups -OCH3 is 1. The molecule has 3 saturated carbocycles. The van der Waals surface area contributed by atoms with E-state index in [0.717, 1.165) is 70.5 Å². The molecule has 1 saturated heterocycles. The van der Waals surface area contributed by atoms with Gasteiger partial charge in [-0.15, -0.1) is 0 Å². The van der Waals surface area contributed by atoms with E-state index in [9.17, 15) is 4.79 Å². The Balaban J connectivity index is 1.22. The second-order valence-electron chi connectivity index (χ2n) is 12.3. The number of H-pyrrole nitrogens is 1. The van der Waals surface area contributed by atoms with Crippen molar-refractivity contribution in [2.24, 2.45) is 23.7 Å². The molecule has 4 atom stereocenters. The summed E-state index contributed by atoms with van der Waals surface area (Å²) in [5, 5.41) is 8.22. The first kappa shape index (κ1) is 22.7. The number of carbonyl (C=O) groups is 1. The fraction of sp³-hybridized carbons (Fsp3) is 0.419. The minimum atomic E-state index is 0.107. The Labute approximate surface area is 231 Å². The van der Waals surface area contributed by atoms with Crippen molar-refractivity contribution in [3.63, 3.8) is 0 Å². The van der Waals surface area contributed by atoms with Crippen molar-refractivity contribution in [1.29, 1.82) is 0 Å². The lowest BCUT2D eigenvalue weighted by Gasteiger charge is -2.52. The molecule has 5 aromatic rings. The Kier molecular flexibility index (Phi) is 4.64. The summed E-state index contributed by atoms with van der Waals surface area (Å²) in [6.07, 6.45) is 10.6. The van der Waals surface area contributed by atoms with Gasteiger partial charge in [0.15, 0.2) is 5.82 Å². The summed E-state index contributed by atoms with van der Waals surface area (Å²) < 4.78 is 10.5. The predicted octanol–water partition coefficient (Wildman–Crippen LogP) is 4.72. The number of imidazole rings is 1. The normalized spacial score (nSPS) is 24.8. The number of nitrogens with zero attached hydrogens (tertiary/aromatic N) is 6. The molecule has 4 aliphatic rings. The number of aromatic nitrogens is 6. The van der Waals surface area contributed by atoms with Crippen LogP contribution in [0.2, 0.25) is 0 Å². The number of carbonyl (C=O) groups excluding carboxylic acids is 1. The number of amides is 1. The highest BCUT2D eigenvalue weighted by molar-refractivity contribution is 6.00. The lowest BCUT2D eigenvalue weighted by Crippen LogP contribution is -2.53. The SMILES string of the molecule is COc1cc(C(=O)N2CC3CC4CC2[C@H]43)cc2nc(-c3cc4cccnc4n3CC3CC3)n(Cc3cn[nH]c3)c12. The van der Waals surface area contributed by atoms with Gasteiger partial charge in [0, 0.05) is 48.0 Å². The minimum Gasteiger partial charge on any atom is -0.494 e. The number of aromatic amines is 1. The predicted molar refractivity (Wildman–Crippen MR) is 150 cm³/mol. The van der Waals surface area contributed by atoms with E-state index in [2.05, 4.69) is 36.4 Å². The third-order valence-corrected chi connectivity index (χ3v) is 9.97. The van der Waals surface area contributed by atoms with Crippen LogP contribution in [-0.4, -0.2) is 59.8 Å². The van der Waals surface area contributed by atoms with E-state index in [-0.39, 0.29) is 5.91 Å². The van der Waals surface area contributed by atoms with Gasteiger partial charge >= 0.3 is 0 Å². The smallest absolute Gasteiger partial charge is 0.254 e. The van der Waals surface area contributed by atoms with Gasteiger partial charge in [0.25, 0.3) is 5.91 Å². The number of hydrogen-bond acceptors (Lipinski definition) is 5. The highest BCUT2D eigenvalue weighted by atomic mass is 16.5. The van der Waals surface area contributed by atoms with Crippen molar-refractivity contribution < 1.29 is 9.53 Å². The monoisotopic (exact) mass is 533 g/mol. The standard InChI is InChI=1S/C31H31N7O2/c1-40-26-11-21(31(39)37-16-22-7-20-10-24(37)27(20)22)8-23-28(26)38(15-18-12-33-34-13-18)30(35-23)25-9-19-3-2-6-32-29(19)36(25)14-17-4-5-17/h2-3,6,8-9,11-13,17,20,22,24,27H,4-5,7,10,14-16H2,1H3,(H,33,34)/t20?,22?,24?,27-/m1/s1. The van der Waals surface area contributed by atoms with Crippen LogP contribution in [0.1, 0.15) is 41.6 Å². The molecule has 1 amide bonds. The van der Waals surface area contributed by atoms with E-state index < -0.39 is 0 Å². The van der Waals surface area contributed by atoms with E-state index in [1.807, 2.05) is 36.8 Å². The molecule has 0 bridgehead atoms. The van der Waals surface area contributed by atoms with Crippen molar-refractivity contribution in [3.05, 3.63) is 60.0 Å². The molecule has 9 heteroatoms. The fourth-order valence-electron chi connectivity index (χ4n) is 7.78. The van der Waals surface area contributed by atoms with Crippen LogP contribution >= 0.6 is 0 Å². The zero-order valence-corrected chi connectivity index (χ0v) is 22.5. The summed E-state index contributed by atoms with van der Waals surface area (Å²) in [7, 11) is 1.68. The molecular formula is C31H31N7O2. The zero-order valence-electron chi connectivity index (χ0n) is 22.5. The first-order chi connectivity index (χ1) is 19.7. The number of likely N-dealkylation sites (tertiary alicyclic amines) is 1. The number of rotatable bonds is 7. The average Bonchev–Trinajstić information content (AvgIpc) is 3.29. The van der Waals surface area contributed by atoms with Gasteiger partial charge in [0.05, 0.1) is 31.1 Å². The van der Waals surface area contributed by atoms with E-state index in [0.29, 0.717) is 35.7 Å². The van der Waals surface area contributed by atoms with Crippen molar-refractivity contribution in [2.45, 2.75) is 44.8 Å². The lowest BCUT2D eigenvalue weighted by molar-refractivity contribution is -0.0204. The highest BCUT2D eigenvalue weighted by Gasteiger charge is 2.61. The molecule has 9 rings (SSSR count). The third-order valence-electron chi connectivity index (χ3n) is 9.97. The van der Waals surface area contributed by atoms with Gasteiger partial charge in [-0.05, 0) is 79.7 Å². The maximum absolute atomic E-state index is 13.8. The molecule has 4 aromatic heterocycles. The summed E-state index contributed by atoms with van der Waals surface area (Å²) in [6.45, 7) is 2.38. The molecule has 3 aliphatic carbocycles. The first-order valence-electron chi connectivity index (χ1n) is 14.5. The van der Waals surface area contributed by atoms with Crippen molar-refractivity contribution in [1.82, 2.24) is 34.2 Å². The number of ether oxygens (including phenoxy) is 1.